The normalized spacial score (nSPS) is 52.5. The van der Waals surface area contributed by atoms with Crippen LogP contribution in [0.1, 0.15) is 112 Å². The number of hydrogen-bond acceptors (Lipinski definition) is 1. The van der Waals surface area contributed by atoms with E-state index in [4.69, 9.17) is 4.74 Å². The average Bonchev–Trinajstić information content (AvgIpc) is 3.24. The van der Waals surface area contributed by atoms with Gasteiger partial charge in [-0.05, 0) is 110 Å². The lowest BCUT2D eigenvalue weighted by molar-refractivity contribution is -0.159. The molecule has 5 fully saturated rings. The predicted octanol–water partition coefficient (Wildman–Crippen LogP) is 8.12. The van der Waals surface area contributed by atoms with Crippen LogP contribution in [0.2, 0.25) is 0 Å². The van der Waals surface area contributed by atoms with Crippen molar-refractivity contribution in [3.63, 3.8) is 0 Å². The zero-order valence-electron chi connectivity index (χ0n) is 21.0. The van der Waals surface area contributed by atoms with Crippen LogP contribution in [0.5, 0.6) is 0 Å². The lowest BCUT2D eigenvalue weighted by atomic mass is 9.45. The van der Waals surface area contributed by atoms with Crippen LogP contribution in [0.3, 0.4) is 0 Å². The Hall–Kier alpha value is -0.0400. The molecule has 0 aromatic carbocycles. The third-order valence-electron chi connectivity index (χ3n) is 12.6. The van der Waals surface area contributed by atoms with Crippen LogP contribution in [0.4, 0.5) is 0 Å². The van der Waals surface area contributed by atoms with Gasteiger partial charge in [-0.2, -0.15) is 0 Å². The zero-order chi connectivity index (χ0) is 21.3. The number of rotatable bonds is 7. The molecule has 1 nitrogen and oxygen atoms in total. The van der Waals surface area contributed by atoms with Crippen molar-refractivity contribution in [1.82, 2.24) is 0 Å². The molecule has 0 aliphatic heterocycles. The fourth-order valence-corrected chi connectivity index (χ4v) is 10.8. The second kappa shape index (κ2) is 7.50. The molecular formula is C29H50O. The van der Waals surface area contributed by atoms with Crippen LogP contribution >= 0.6 is 0 Å². The molecule has 9 unspecified atom stereocenters. The van der Waals surface area contributed by atoms with Crippen LogP contribution in [0.25, 0.3) is 0 Å². The molecule has 0 aromatic heterocycles. The van der Waals surface area contributed by atoms with E-state index in [1.165, 1.54) is 77.0 Å². The minimum absolute atomic E-state index is 0.564. The molecule has 5 aliphatic rings. The van der Waals surface area contributed by atoms with Gasteiger partial charge in [0.2, 0.25) is 0 Å². The predicted molar refractivity (Wildman–Crippen MR) is 126 cm³/mol. The van der Waals surface area contributed by atoms with Crippen molar-refractivity contribution in [3.8, 4) is 0 Å². The standard InChI is InChI=1S/C29H50O/c1-7-20(19(2)3)9-8-10-21-11-12-24-23-17-26(30-6)29-18-22(29)13-16-28(29,5)25(23)14-15-27(21,24)4/h19-26H,7-18H2,1-6H3/t20?,21?,22?,23?,24?,25?,26?,27?,28?,29-/m0/s1. The Morgan fingerprint density at radius 3 is 2.47 bits per heavy atom. The Labute approximate surface area is 187 Å². The third kappa shape index (κ3) is 2.82. The summed E-state index contributed by atoms with van der Waals surface area (Å²) in [6.07, 6.45) is 18.3. The fourth-order valence-electron chi connectivity index (χ4n) is 10.8. The van der Waals surface area contributed by atoms with Gasteiger partial charge < -0.3 is 4.74 Å². The molecule has 172 valence electrons. The van der Waals surface area contributed by atoms with Crippen molar-refractivity contribution in [2.45, 2.75) is 118 Å². The van der Waals surface area contributed by atoms with Gasteiger partial charge in [-0.15, -0.1) is 0 Å². The minimum Gasteiger partial charge on any atom is -0.381 e. The summed E-state index contributed by atoms with van der Waals surface area (Å²) in [6.45, 7) is 12.7. The molecule has 10 atom stereocenters. The lowest BCUT2D eigenvalue weighted by Gasteiger charge is -2.60. The highest BCUT2D eigenvalue weighted by atomic mass is 16.5. The Bertz CT molecular complexity index is 640. The SMILES string of the molecule is CCC(CCCC1CCC2C3CC(OC)[C@]45CC4CCC5(C)C3CCC12C)C(C)C. The van der Waals surface area contributed by atoms with Crippen LogP contribution < -0.4 is 0 Å². The van der Waals surface area contributed by atoms with E-state index in [9.17, 15) is 0 Å². The van der Waals surface area contributed by atoms with Crippen molar-refractivity contribution < 1.29 is 4.74 Å². The Kier molecular flexibility index (Phi) is 5.44. The smallest absolute Gasteiger partial charge is 0.0638 e. The minimum atomic E-state index is 0.564. The zero-order valence-corrected chi connectivity index (χ0v) is 21.0. The quantitative estimate of drug-likeness (QED) is 0.408. The highest BCUT2D eigenvalue weighted by Gasteiger charge is 2.77. The van der Waals surface area contributed by atoms with E-state index in [2.05, 4.69) is 34.6 Å². The molecule has 30 heavy (non-hydrogen) atoms. The first kappa shape index (κ1) is 21.8. The molecule has 5 rings (SSSR count). The number of ether oxygens (including phenoxy) is 1. The molecular weight excluding hydrogens is 364 g/mol. The second-order valence-corrected chi connectivity index (χ2v) is 13.4. The summed E-state index contributed by atoms with van der Waals surface area (Å²) in [6, 6.07) is 0. The molecule has 1 spiro atoms. The number of methoxy groups -OCH3 is 1. The first-order chi connectivity index (χ1) is 14.3. The summed E-state index contributed by atoms with van der Waals surface area (Å²) in [4.78, 5) is 0. The monoisotopic (exact) mass is 414 g/mol. The number of fused-ring (bicyclic) bond motifs is 4. The summed E-state index contributed by atoms with van der Waals surface area (Å²) >= 11 is 0. The van der Waals surface area contributed by atoms with Crippen molar-refractivity contribution >= 4 is 0 Å². The molecule has 0 N–H and O–H groups in total. The highest BCUT2D eigenvalue weighted by molar-refractivity contribution is 5.25. The molecule has 0 radical (unpaired) electrons. The van der Waals surface area contributed by atoms with Gasteiger partial charge in [-0.3, -0.25) is 0 Å². The van der Waals surface area contributed by atoms with Gasteiger partial charge in [0.05, 0.1) is 6.10 Å². The fraction of sp³-hybridized carbons (Fsp3) is 1.00. The van der Waals surface area contributed by atoms with Crippen molar-refractivity contribution in [1.29, 1.82) is 0 Å². The van der Waals surface area contributed by atoms with E-state index >= 15 is 0 Å². The topological polar surface area (TPSA) is 9.23 Å². The molecule has 0 heterocycles. The maximum absolute atomic E-state index is 6.30. The largest absolute Gasteiger partial charge is 0.381 e. The Morgan fingerprint density at radius 2 is 1.80 bits per heavy atom. The average molecular weight is 415 g/mol. The van der Waals surface area contributed by atoms with E-state index in [0.29, 0.717) is 22.3 Å². The molecule has 5 aliphatic carbocycles. The second-order valence-electron chi connectivity index (χ2n) is 13.4. The van der Waals surface area contributed by atoms with Gasteiger partial charge in [0.25, 0.3) is 0 Å². The van der Waals surface area contributed by atoms with E-state index in [1.54, 1.807) is 0 Å². The number of hydrogen-bond donors (Lipinski definition) is 0. The molecule has 0 saturated heterocycles. The maximum atomic E-state index is 6.30. The van der Waals surface area contributed by atoms with Crippen LogP contribution in [-0.4, -0.2) is 13.2 Å². The first-order valence-corrected chi connectivity index (χ1v) is 13.8. The summed E-state index contributed by atoms with van der Waals surface area (Å²) < 4.78 is 6.30. The van der Waals surface area contributed by atoms with E-state index in [-0.39, 0.29) is 0 Å². The van der Waals surface area contributed by atoms with Gasteiger partial charge in [-0.25, -0.2) is 0 Å². The molecule has 1 heteroatoms. The Morgan fingerprint density at radius 1 is 1.00 bits per heavy atom. The summed E-state index contributed by atoms with van der Waals surface area (Å²) in [7, 11) is 2.03. The van der Waals surface area contributed by atoms with Gasteiger partial charge in [0, 0.05) is 12.5 Å². The third-order valence-corrected chi connectivity index (χ3v) is 12.6. The first-order valence-electron chi connectivity index (χ1n) is 13.8. The van der Waals surface area contributed by atoms with E-state index in [1.807, 2.05) is 7.11 Å². The summed E-state index contributed by atoms with van der Waals surface area (Å²) in [5.74, 6) is 6.73. The van der Waals surface area contributed by atoms with Crippen LogP contribution in [0.15, 0.2) is 0 Å². The molecule has 0 bridgehead atoms. The van der Waals surface area contributed by atoms with Gasteiger partial charge in [0.15, 0.2) is 0 Å². The lowest BCUT2D eigenvalue weighted by Crippen LogP contribution is -2.56. The van der Waals surface area contributed by atoms with Crippen molar-refractivity contribution in [2.75, 3.05) is 7.11 Å². The van der Waals surface area contributed by atoms with E-state index < -0.39 is 0 Å². The van der Waals surface area contributed by atoms with E-state index in [0.717, 1.165) is 41.4 Å². The van der Waals surface area contributed by atoms with Gasteiger partial charge in [0.1, 0.15) is 0 Å². The summed E-state index contributed by atoms with van der Waals surface area (Å²) in [5.41, 5.74) is 1.80. The Balaban J connectivity index is 1.30. The van der Waals surface area contributed by atoms with Crippen molar-refractivity contribution in [3.05, 3.63) is 0 Å². The van der Waals surface area contributed by atoms with Gasteiger partial charge in [-0.1, -0.05) is 53.9 Å². The van der Waals surface area contributed by atoms with Crippen molar-refractivity contribution in [2.24, 2.45) is 57.7 Å². The summed E-state index contributed by atoms with van der Waals surface area (Å²) in [5, 5.41) is 0. The highest BCUT2D eigenvalue weighted by Crippen LogP contribution is 2.82. The molecule has 0 aromatic rings. The molecule has 5 saturated carbocycles. The van der Waals surface area contributed by atoms with Gasteiger partial charge >= 0.3 is 0 Å². The van der Waals surface area contributed by atoms with Crippen LogP contribution in [0, 0.1) is 57.7 Å². The van der Waals surface area contributed by atoms with Crippen LogP contribution in [-0.2, 0) is 4.74 Å². The maximum Gasteiger partial charge on any atom is 0.0638 e. The molecule has 0 amide bonds.